The normalized spacial score (nSPS) is 25.9. The molecule has 166 valence electrons. The van der Waals surface area contributed by atoms with E-state index in [0.29, 0.717) is 2.95 Å². The van der Waals surface area contributed by atoms with Crippen molar-refractivity contribution in [2.24, 2.45) is 0 Å². The van der Waals surface area contributed by atoms with Crippen LogP contribution in [-0.2, 0) is 0 Å². The Labute approximate surface area is 195 Å². The first-order chi connectivity index (χ1) is 12.9. The van der Waals surface area contributed by atoms with Crippen molar-refractivity contribution in [3.63, 3.8) is 0 Å². The van der Waals surface area contributed by atoms with E-state index in [-0.39, 0.29) is 0 Å². The van der Waals surface area contributed by atoms with Crippen LogP contribution in [-0.4, -0.2) is 59.6 Å². The second kappa shape index (κ2) is 9.10. The van der Waals surface area contributed by atoms with E-state index in [0.717, 1.165) is 18.3 Å². The van der Waals surface area contributed by atoms with E-state index in [4.69, 9.17) is 0 Å². The molecule has 2 saturated heterocycles. The molecular weight excluding hydrogens is 593 g/mol. The summed E-state index contributed by atoms with van der Waals surface area (Å²) in [5, 5.41) is 0. The van der Waals surface area contributed by atoms with Gasteiger partial charge in [-0.2, -0.15) is 0 Å². The van der Waals surface area contributed by atoms with Crippen LogP contribution in [0.3, 0.4) is 0 Å². The molecule has 0 spiro atoms. The van der Waals surface area contributed by atoms with Gasteiger partial charge in [0.25, 0.3) is 0 Å². The first-order valence-corrected chi connectivity index (χ1v) is 39.4. The van der Waals surface area contributed by atoms with Gasteiger partial charge in [0.2, 0.25) is 0 Å². The summed E-state index contributed by atoms with van der Waals surface area (Å²) in [6.45, 7) is 16.9. The van der Waals surface area contributed by atoms with Crippen molar-refractivity contribution in [1.82, 2.24) is 0 Å². The van der Waals surface area contributed by atoms with E-state index in [2.05, 4.69) is 80.7 Å². The maximum absolute atomic E-state index is 4.27. The van der Waals surface area contributed by atoms with E-state index in [1.165, 1.54) is 38.5 Å². The summed E-state index contributed by atoms with van der Waals surface area (Å²) >= 11 is -4.49. The average Bonchev–Trinajstić information content (AvgIpc) is 2.45. The quantitative estimate of drug-likeness (QED) is 0.200. The molecule has 0 aromatic heterocycles. The first-order valence-electron chi connectivity index (χ1n) is 12.4. The van der Waals surface area contributed by atoms with Crippen LogP contribution in [0, 0.1) is 0 Å². The molecule has 1 unspecified atom stereocenters. The van der Waals surface area contributed by atoms with Crippen molar-refractivity contribution in [1.29, 1.82) is 0 Å². The minimum absolute atomic E-state index is 0.555. The summed E-state index contributed by atoms with van der Waals surface area (Å²) in [4.78, 5) is 16.2. The molecule has 0 radical (unpaired) electrons. The summed E-state index contributed by atoms with van der Waals surface area (Å²) in [5.41, 5.74) is 4.27. The standard InChI is InChI=1S/C18H33BSi2.6CH3.2Sn/c1-20(2,3)15-9-14-18(21(4,5)6)19-16-10-7-11-17(19)13-8-12-16;;;;;;;;/h14,16-17H,7-8,10-13H2,1-6H3;6*1H3;;. The third-order valence-corrected chi connectivity index (χ3v) is 48.9. The van der Waals surface area contributed by atoms with Crippen molar-refractivity contribution in [2.45, 2.75) is 122 Å². The third kappa shape index (κ3) is 5.58. The second-order valence-corrected chi connectivity index (χ2v) is 57.1. The van der Waals surface area contributed by atoms with Crippen LogP contribution in [0.5, 0.6) is 0 Å². The zero-order chi connectivity index (χ0) is 22.5. The van der Waals surface area contributed by atoms with Crippen molar-refractivity contribution >= 4 is 59.6 Å². The van der Waals surface area contributed by atoms with Gasteiger partial charge in [-0.3, -0.25) is 0 Å². The summed E-state index contributed by atoms with van der Waals surface area (Å²) in [5.74, 6) is 2.02. The predicted octanol–water partition coefficient (Wildman–Crippen LogP) is 8.92. The van der Waals surface area contributed by atoms with Gasteiger partial charge in [0, 0.05) is 0 Å². The number of hydrogen-bond acceptors (Lipinski definition) is 0. The van der Waals surface area contributed by atoms with Gasteiger partial charge in [-0.05, 0) is 0 Å². The fourth-order valence-corrected chi connectivity index (χ4v) is 60.4. The summed E-state index contributed by atoms with van der Waals surface area (Å²) < 4.78 is 2.42. The predicted molar refractivity (Wildman–Crippen MR) is 149 cm³/mol. The zero-order valence-corrected chi connectivity index (χ0v) is 29.8. The molecule has 29 heavy (non-hydrogen) atoms. The molecule has 2 heterocycles. The van der Waals surface area contributed by atoms with Gasteiger partial charge in [0.15, 0.2) is 0 Å². The Morgan fingerprint density at radius 3 is 1.52 bits per heavy atom. The van der Waals surface area contributed by atoms with E-state index in [1.807, 2.05) is 3.21 Å². The molecule has 1 atom stereocenters. The van der Waals surface area contributed by atoms with Crippen molar-refractivity contribution in [3.05, 3.63) is 15.0 Å². The zero-order valence-electron chi connectivity index (χ0n) is 22.1. The van der Waals surface area contributed by atoms with E-state index >= 15 is 0 Å². The van der Waals surface area contributed by atoms with Gasteiger partial charge < -0.3 is 0 Å². The third-order valence-electron chi connectivity index (χ3n) is 8.27. The molecular formula is C24H51BSi2Sn2. The molecule has 2 bridgehead atoms. The number of hydrogen-bond donors (Lipinski definition) is 0. The van der Waals surface area contributed by atoms with Crippen molar-refractivity contribution in [2.75, 3.05) is 0 Å². The topological polar surface area (TPSA) is 0 Å². The molecule has 0 nitrogen and oxygen atoms in total. The molecule has 0 saturated carbocycles. The molecule has 0 aliphatic carbocycles. The summed E-state index contributed by atoms with van der Waals surface area (Å²) in [7, 11) is -2.72. The Kier molecular flexibility index (Phi) is 8.43. The molecule has 0 aromatic rings. The van der Waals surface area contributed by atoms with E-state index in [9.17, 15) is 0 Å². The monoisotopic (exact) mass is 646 g/mol. The summed E-state index contributed by atoms with van der Waals surface area (Å²) in [6.07, 6.45) is 12.0. The van der Waals surface area contributed by atoms with Crippen LogP contribution in [0.1, 0.15) is 38.5 Å². The van der Waals surface area contributed by atoms with Crippen LogP contribution in [0.4, 0.5) is 0 Å². The Balaban J connectivity index is 2.83. The van der Waals surface area contributed by atoms with Gasteiger partial charge in [0.05, 0.1) is 0 Å². The van der Waals surface area contributed by atoms with Gasteiger partial charge in [-0.25, -0.2) is 0 Å². The Morgan fingerprint density at radius 2 is 1.24 bits per heavy atom. The van der Waals surface area contributed by atoms with E-state index < -0.39 is 52.9 Å². The molecule has 0 aromatic carbocycles. The Bertz CT molecular complexity index is 600. The Hall–Kier alpha value is 1.62. The van der Waals surface area contributed by atoms with Gasteiger partial charge in [0.1, 0.15) is 0 Å². The van der Waals surface area contributed by atoms with Crippen LogP contribution >= 0.6 is 0 Å². The molecule has 0 N–H and O–H groups in total. The SMILES string of the molecule is C[Si](C)(C)[C](=C=C[C](B1C2CCCC1CCC2)([Si](C)(C)C)[Sn]([CH3])([CH3])[CH3])[Sn]([CH3])([CH3])[CH3]. The molecule has 5 heteroatoms. The van der Waals surface area contributed by atoms with E-state index in [1.54, 1.807) is 0 Å². The van der Waals surface area contributed by atoms with Crippen LogP contribution in [0.25, 0.3) is 0 Å². The molecule has 2 aliphatic rings. The van der Waals surface area contributed by atoms with Crippen molar-refractivity contribution in [3.8, 4) is 0 Å². The molecule has 2 rings (SSSR count). The fourth-order valence-electron chi connectivity index (χ4n) is 7.82. The maximum atomic E-state index is 4.27. The number of fused-ring (bicyclic) bond motifs is 2. The van der Waals surface area contributed by atoms with Crippen molar-refractivity contribution < 1.29 is 0 Å². The first kappa shape index (κ1) is 26.9. The van der Waals surface area contributed by atoms with Gasteiger partial charge in [-0.1, -0.05) is 0 Å². The van der Waals surface area contributed by atoms with Crippen LogP contribution in [0.2, 0.25) is 83.5 Å². The molecule has 2 aliphatic heterocycles. The molecule has 2 fully saturated rings. The van der Waals surface area contributed by atoms with Gasteiger partial charge >= 0.3 is 197 Å². The van der Waals surface area contributed by atoms with Gasteiger partial charge in [-0.15, -0.1) is 0 Å². The fraction of sp³-hybridized carbons (Fsp3) is 0.875. The average molecular weight is 644 g/mol. The second-order valence-electron chi connectivity index (χ2n) is 14.4. The number of rotatable bonds is 6. The Morgan fingerprint density at radius 1 is 0.828 bits per heavy atom. The van der Waals surface area contributed by atoms with Crippen LogP contribution in [0.15, 0.2) is 15.0 Å². The minimum atomic E-state index is -2.34. The molecule has 0 amide bonds. The summed E-state index contributed by atoms with van der Waals surface area (Å²) in [6, 6.07) is 0. The number of allylic oxidation sites excluding steroid dienone is 1. The van der Waals surface area contributed by atoms with Crippen LogP contribution < -0.4 is 0 Å².